The molecule has 0 aromatic carbocycles. The third-order valence-corrected chi connectivity index (χ3v) is 5.25. The summed E-state index contributed by atoms with van der Waals surface area (Å²) in [5.41, 5.74) is 10.7. The Kier molecular flexibility index (Phi) is 13.5. The highest BCUT2D eigenvalue weighted by Gasteiger charge is 2.32. The molecule has 0 aliphatic heterocycles. The molecule has 0 heterocycles. The first-order valence-corrected chi connectivity index (χ1v) is 11.6. The molecule has 12 nitrogen and oxygen atoms in total. The van der Waals surface area contributed by atoms with Gasteiger partial charge in [-0.1, -0.05) is 13.8 Å². The van der Waals surface area contributed by atoms with E-state index in [0.29, 0.717) is 5.75 Å². The van der Waals surface area contributed by atoms with Gasteiger partial charge in [0.05, 0.1) is 6.10 Å². The zero-order chi connectivity index (χ0) is 25.0. The Morgan fingerprint density at radius 3 is 1.91 bits per heavy atom. The largest absolute Gasteiger partial charge is 0.480 e. The summed E-state index contributed by atoms with van der Waals surface area (Å²) in [6.07, 6.45) is 0.512. The molecule has 184 valence electrons. The highest BCUT2D eigenvalue weighted by atomic mass is 32.2. The van der Waals surface area contributed by atoms with E-state index >= 15 is 0 Å². The number of nitrogens with two attached hydrogens (primary N) is 2. The van der Waals surface area contributed by atoms with Crippen LogP contribution in [-0.2, 0) is 24.0 Å². The molecule has 0 bridgehead atoms. The molecule has 4 amide bonds. The highest BCUT2D eigenvalue weighted by Crippen LogP contribution is 2.08. The Balaban J connectivity index is 5.38. The fourth-order valence-corrected chi connectivity index (χ4v) is 3.06. The summed E-state index contributed by atoms with van der Waals surface area (Å²) in [5.74, 6) is -4.06. The molecule has 0 aliphatic rings. The van der Waals surface area contributed by atoms with Crippen molar-refractivity contribution in [2.24, 2.45) is 17.4 Å². The number of rotatable bonds is 15. The Bertz CT molecular complexity index is 674. The van der Waals surface area contributed by atoms with E-state index in [2.05, 4.69) is 16.0 Å². The molecular weight excluding hydrogens is 442 g/mol. The van der Waals surface area contributed by atoms with Crippen LogP contribution in [0.5, 0.6) is 0 Å². The third-order valence-electron chi connectivity index (χ3n) is 4.61. The van der Waals surface area contributed by atoms with Gasteiger partial charge in [0.25, 0.3) is 0 Å². The summed E-state index contributed by atoms with van der Waals surface area (Å²) >= 11 is 1.45. The highest BCUT2D eigenvalue weighted by molar-refractivity contribution is 7.98. The monoisotopic (exact) mass is 477 g/mol. The average molecular weight is 478 g/mol. The minimum atomic E-state index is -1.36. The first-order chi connectivity index (χ1) is 14.8. The van der Waals surface area contributed by atoms with Crippen molar-refractivity contribution in [2.45, 2.75) is 70.3 Å². The molecule has 9 N–H and O–H groups in total. The number of carboxylic acid groups (broad SMARTS) is 1. The number of hydrogen-bond donors (Lipinski definition) is 7. The van der Waals surface area contributed by atoms with Crippen LogP contribution < -0.4 is 27.4 Å². The first-order valence-electron chi connectivity index (χ1n) is 10.2. The van der Waals surface area contributed by atoms with Crippen molar-refractivity contribution >= 4 is 41.4 Å². The van der Waals surface area contributed by atoms with Crippen LogP contribution in [-0.4, -0.2) is 82.1 Å². The summed E-state index contributed by atoms with van der Waals surface area (Å²) in [5, 5.41) is 26.1. The van der Waals surface area contributed by atoms with E-state index in [1.54, 1.807) is 13.8 Å². The summed E-state index contributed by atoms with van der Waals surface area (Å²) in [7, 11) is 0. The topological polar surface area (TPSA) is 214 Å². The molecule has 5 unspecified atom stereocenters. The van der Waals surface area contributed by atoms with E-state index in [9.17, 15) is 34.2 Å². The summed E-state index contributed by atoms with van der Waals surface area (Å²) in [4.78, 5) is 60.0. The number of nitrogens with one attached hydrogen (secondary N) is 3. The molecule has 0 radical (unpaired) electrons. The van der Waals surface area contributed by atoms with E-state index < -0.39 is 65.8 Å². The molecule has 5 atom stereocenters. The second-order valence-electron chi connectivity index (χ2n) is 7.74. The van der Waals surface area contributed by atoms with Gasteiger partial charge >= 0.3 is 5.97 Å². The maximum atomic E-state index is 12.8. The SMILES string of the molecule is CSCCC(NC(=O)C(N)C(C)O)C(=O)NC(C(=O)NC(CCC(N)=O)C(=O)O)C(C)C. The Labute approximate surface area is 191 Å². The van der Waals surface area contributed by atoms with Crippen molar-refractivity contribution in [1.29, 1.82) is 0 Å². The number of hydrogen-bond acceptors (Lipinski definition) is 8. The van der Waals surface area contributed by atoms with Gasteiger partial charge in [-0.2, -0.15) is 11.8 Å². The Morgan fingerprint density at radius 2 is 1.47 bits per heavy atom. The maximum Gasteiger partial charge on any atom is 0.326 e. The van der Waals surface area contributed by atoms with Crippen LogP contribution in [0.1, 0.15) is 40.0 Å². The number of aliphatic hydroxyl groups excluding tert-OH is 1. The van der Waals surface area contributed by atoms with Crippen molar-refractivity contribution in [3.63, 3.8) is 0 Å². The zero-order valence-corrected chi connectivity index (χ0v) is 19.6. The summed E-state index contributed by atoms with van der Waals surface area (Å²) in [6, 6.07) is -4.70. The van der Waals surface area contributed by atoms with Crippen LogP contribution in [0.2, 0.25) is 0 Å². The number of amides is 4. The third kappa shape index (κ3) is 10.8. The molecule has 0 rings (SSSR count). The first kappa shape index (κ1) is 29.6. The molecule has 0 spiro atoms. The molecule has 0 aromatic heterocycles. The van der Waals surface area contributed by atoms with E-state index in [-0.39, 0.29) is 19.3 Å². The van der Waals surface area contributed by atoms with Gasteiger partial charge in [-0.15, -0.1) is 0 Å². The number of carbonyl (C=O) groups excluding carboxylic acids is 4. The fourth-order valence-electron chi connectivity index (χ4n) is 2.59. The van der Waals surface area contributed by atoms with Crippen molar-refractivity contribution in [3.8, 4) is 0 Å². The smallest absolute Gasteiger partial charge is 0.326 e. The van der Waals surface area contributed by atoms with Gasteiger partial charge in [0.2, 0.25) is 23.6 Å². The molecule has 0 aromatic rings. The van der Waals surface area contributed by atoms with Gasteiger partial charge in [0.15, 0.2) is 0 Å². The predicted molar refractivity (Wildman–Crippen MR) is 119 cm³/mol. The van der Waals surface area contributed by atoms with Crippen LogP contribution in [0.15, 0.2) is 0 Å². The number of carbonyl (C=O) groups is 5. The lowest BCUT2D eigenvalue weighted by Gasteiger charge is -2.27. The van der Waals surface area contributed by atoms with Crippen molar-refractivity contribution in [3.05, 3.63) is 0 Å². The van der Waals surface area contributed by atoms with Gasteiger partial charge in [0, 0.05) is 6.42 Å². The molecule has 0 saturated carbocycles. The normalized spacial score (nSPS) is 15.7. The van der Waals surface area contributed by atoms with E-state index in [0.717, 1.165) is 0 Å². The summed E-state index contributed by atoms with van der Waals surface area (Å²) < 4.78 is 0. The molecule has 0 saturated heterocycles. The molecule has 0 fully saturated rings. The minimum Gasteiger partial charge on any atom is -0.480 e. The van der Waals surface area contributed by atoms with Gasteiger partial charge in [0.1, 0.15) is 24.2 Å². The van der Waals surface area contributed by atoms with Gasteiger partial charge in [-0.25, -0.2) is 4.79 Å². The van der Waals surface area contributed by atoms with Crippen LogP contribution in [0.3, 0.4) is 0 Å². The second kappa shape index (κ2) is 14.6. The zero-order valence-electron chi connectivity index (χ0n) is 18.8. The number of aliphatic hydroxyl groups is 1. The standard InChI is InChI=1S/C19H35N5O7S/c1-9(2)15(18(29)23-12(19(30)31)5-6-13(20)26)24-16(27)11(7-8-32-4)22-17(28)14(21)10(3)25/h9-12,14-15,25H,5-8,21H2,1-4H3,(H2,20,26)(H,22,28)(H,23,29)(H,24,27)(H,30,31). The van der Waals surface area contributed by atoms with E-state index in [1.165, 1.54) is 18.7 Å². The Hall–Kier alpha value is -2.38. The van der Waals surface area contributed by atoms with Crippen LogP contribution in [0, 0.1) is 5.92 Å². The maximum absolute atomic E-state index is 12.8. The van der Waals surface area contributed by atoms with E-state index in [4.69, 9.17) is 11.5 Å². The van der Waals surface area contributed by atoms with Crippen molar-refractivity contribution < 1.29 is 34.2 Å². The average Bonchev–Trinajstić information content (AvgIpc) is 2.70. The fraction of sp³-hybridized carbons (Fsp3) is 0.737. The minimum absolute atomic E-state index is 0.196. The lowest BCUT2D eigenvalue weighted by atomic mass is 10.0. The van der Waals surface area contributed by atoms with Crippen LogP contribution in [0.25, 0.3) is 0 Å². The number of primary amides is 1. The molecule has 0 aliphatic carbocycles. The number of thioether (sulfide) groups is 1. The van der Waals surface area contributed by atoms with Crippen molar-refractivity contribution in [2.75, 3.05) is 12.0 Å². The van der Waals surface area contributed by atoms with Gasteiger partial charge in [-0.05, 0) is 37.7 Å². The molecule has 13 heteroatoms. The number of aliphatic carboxylic acids is 1. The lowest BCUT2D eigenvalue weighted by molar-refractivity contribution is -0.143. The number of carboxylic acids is 1. The second-order valence-corrected chi connectivity index (χ2v) is 8.73. The van der Waals surface area contributed by atoms with Crippen molar-refractivity contribution in [1.82, 2.24) is 16.0 Å². The molecule has 32 heavy (non-hydrogen) atoms. The predicted octanol–water partition coefficient (Wildman–Crippen LogP) is -2.09. The van der Waals surface area contributed by atoms with E-state index in [1.807, 2.05) is 6.26 Å². The van der Waals surface area contributed by atoms with Crippen LogP contribution in [0.4, 0.5) is 0 Å². The lowest BCUT2D eigenvalue weighted by Crippen LogP contribution is -2.59. The molecular formula is C19H35N5O7S. The van der Waals surface area contributed by atoms with Crippen LogP contribution >= 0.6 is 11.8 Å². The quantitative estimate of drug-likeness (QED) is 0.137. The van der Waals surface area contributed by atoms with Gasteiger partial charge in [-0.3, -0.25) is 19.2 Å². The Morgan fingerprint density at radius 1 is 0.906 bits per heavy atom. The summed E-state index contributed by atoms with van der Waals surface area (Å²) in [6.45, 7) is 4.66. The van der Waals surface area contributed by atoms with Gasteiger partial charge < -0.3 is 37.6 Å².